The topological polar surface area (TPSA) is 36.9 Å². The lowest BCUT2D eigenvalue weighted by Gasteiger charge is -2.22. The summed E-state index contributed by atoms with van der Waals surface area (Å²) in [5.74, 6) is 3.00. The maximum absolute atomic E-state index is 6.57. The second-order valence-corrected chi connectivity index (χ2v) is 16.8. The smallest absolute Gasteiger partial charge is 0.180 e. The van der Waals surface area contributed by atoms with Crippen molar-refractivity contribution in [2.75, 3.05) is 26.4 Å². The highest BCUT2D eigenvalue weighted by molar-refractivity contribution is 9.11. The van der Waals surface area contributed by atoms with E-state index in [0.29, 0.717) is 26.4 Å². The number of benzene rings is 1. The molecule has 52 heavy (non-hydrogen) atoms. The van der Waals surface area contributed by atoms with Gasteiger partial charge in [0.15, 0.2) is 23.0 Å². The van der Waals surface area contributed by atoms with E-state index in [-0.39, 0.29) is 0 Å². The summed E-state index contributed by atoms with van der Waals surface area (Å²) in [7, 11) is 0. The average molecular weight is 861 g/mol. The number of ether oxygens (including phenoxy) is 4. The van der Waals surface area contributed by atoms with Gasteiger partial charge in [-0.15, -0.1) is 0 Å². The Kier molecular flexibility index (Phi) is 35.4. The lowest BCUT2D eigenvalue weighted by atomic mass is 10.1. The molecular weight excluding hydrogens is 776 g/mol. The normalized spacial score (nSPS) is 11.3. The van der Waals surface area contributed by atoms with Crippen LogP contribution in [0.4, 0.5) is 0 Å². The van der Waals surface area contributed by atoms with E-state index in [2.05, 4.69) is 59.6 Å². The molecule has 0 saturated carbocycles. The van der Waals surface area contributed by atoms with Crippen molar-refractivity contribution < 1.29 is 18.9 Å². The number of unbranched alkanes of at least 4 members (excludes halogenated alkanes) is 28. The summed E-state index contributed by atoms with van der Waals surface area (Å²) in [6.45, 7) is 11.8. The first-order valence-corrected chi connectivity index (χ1v) is 24.3. The zero-order valence-electron chi connectivity index (χ0n) is 34.8. The van der Waals surface area contributed by atoms with Gasteiger partial charge in [0.1, 0.15) is 8.95 Å². The van der Waals surface area contributed by atoms with Crippen molar-refractivity contribution in [3.05, 3.63) is 8.95 Å². The minimum absolute atomic E-state index is 0.671. The molecule has 0 fully saturated rings. The van der Waals surface area contributed by atoms with Gasteiger partial charge in [0.05, 0.1) is 26.4 Å². The van der Waals surface area contributed by atoms with Gasteiger partial charge >= 0.3 is 0 Å². The van der Waals surface area contributed by atoms with E-state index < -0.39 is 0 Å². The van der Waals surface area contributed by atoms with Crippen LogP contribution in [0.2, 0.25) is 0 Å². The third-order valence-electron chi connectivity index (χ3n) is 10.2. The fourth-order valence-corrected chi connectivity index (χ4v) is 7.94. The number of rotatable bonds is 40. The largest absolute Gasteiger partial charge is 0.488 e. The van der Waals surface area contributed by atoms with Gasteiger partial charge in [-0.2, -0.15) is 0 Å². The van der Waals surface area contributed by atoms with Crippen LogP contribution in [0.15, 0.2) is 8.95 Å². The second-order valence-electron chi connectivity index (χ2n) is 15.2. The van der Waals surface area contributed by atoms with Crippen molar-refractivity contribution in [1.82, 2.24) is 0 Å². The zero-order valence-corrected chi connectivity index (χ0v) is 38.0. The quantitative estimate of drug-likeness (QED) is 0.0616. The van der Waals surface area contributed by atoms with Crippen LogP contribution in [-0.2, 0) is 0 Å². The molecule has 0 heterocycles. The standard InChI is InChI=1S/C46H84Br2O4/c1-5-9-13-17-21-25-29-33-37-49-43-41(47)45(51-39-35-31-27-23-19-15-11-7-3)46(52-40-36-32-28-24-20-16-12-8-4)42(48)44(43)50-38-34-30-26-22-18-14-10-6-2/h5-40H2,1-4H3. The minimum Gasteiger partial charge on any atom is -0.488 e. The summed E-state index contributed by atoms with van der Waals surface area (Å²) in [5.41, 5.74) is 0. The van der Waals surface area contributed by atoms with Crippen LogP contribution in [0, 0.1) is 0 Å². The molecule has 0 aliphatic rings. The molecule has 1 aromatic carbocycles. The van der Waals surface area contributed by atoms with Crippen molar-refractivity contribution in [2.24, 2.45) is 0 Å². The highest BCUT2D eigenvalue weighted by Crippen LogP contribution is 2.54. The summed E-state index contributed by atoms with van der Waals surface area (Å²) >= 11 is 7.90. The molecule has 0 aromatic heterocycles. The molecule has 4 nitrogen and oxygen atoms in total. The Morgan fingerprint density at radius 1 is 0.250 bits per heavy atom. The molecule has 0 aliphatic heterocycles. The minimum atomic E-state index is 0.671. The monoisotopic (exact) mass is 858 g/mol. The van der Waals surface area contributed by atoms with Gasteiger partial charge in [-0.1, -0.05) is 207 Å². The average Bonchev–Trinajstić information content (AvgIpc) is 3.15. The molecule has 0 atom stereocenters. The van der Waals surface area contributed by atoms with E-state index >= 15 is 0 Å². The highest BCUT2D eigenvalue weighted by atomic mass is 79.9. The molecule has 0 radical (unpaired) electrons. The SMILES string of the molecule is CCCCCCCCCCOc1c(Br)c(OCCCCCCCCCC)c(OCCCCCCCCCC)c(Br)c1OCCCCCCCCCC. The van der Waals surface area contributed by atoms with Gasteiger partial charge in [-0.3, -0.25) is 0 Å². The molecule has 0 N–H and O–H groups in total. The maximum atomic E-state index is 6.57. The first kappa shape index (κ1) is 49.4. The van der Waals surface area contributed by atoms with Gasteiger partial charge in [-0.25, -0.2) is 0 Å². The first-order chi connectivity index (χ1) is 25.6. The van der Waals surface area contributed by atoms with Crippen LogP contribution in [-0.4, -0.2) is 26.4 Å². The van der Waals surface area contributed by atoms with E-state index in [4.69, 9.17) is 18.9 Å². The fourth-order valence-electron chi connectivity index (χ4n) is 6.76. The van der Waals surface area contributed by atoms with Crippen molar-refractivity contribution in [3.8, 4) is 23.0 Å². The summed E-state index contributed by atoms with van der Waals surface area (Å²) in [6.07, 6.45) is 40.8. The summed E-state index contributed by atoms with van der Waals surface area (Å²) in [4.78, 5) is 0. The molecule has 1 aromatic rings. The van der Waals surface area contributed by atoms with Crippen molar-refractivity contribution in [1.29, 1.82) is 0 Å². The van der Waals surface area contributed by atoms with Gasteiger partial charge in [0.2, 0.25) is 0 Å². The van der Waals surface area contributed by atoms with E-state index in [1.54, 1.807) is 0 Å². The third-order valence-corrected chi connectivity index (χ3v) is 11.6. The Labute approximate surface area is 340 Å². The summed E-state index contributed by atoms with van der Waals surface area (Å²) in [5, 5.41) is 0. The Bertz CT molecular complexity index is 782. The molecular formula is C46H84Br2O4. The number of halogens is 2. The predicted octanol–water partition coefficient (Wildman–Crippen LogP) is 17.3. The van der Waals surface area contributed by atoms with E-state index in [1.165, 1.54) is 180 Å². The van der Waals surface area contributed by atoms with Crippen LogP contribution >= 0.6 is 31.9 Å². The molecule has 306 valence electrons. The Balaban J connectivity index is 2.99. The predicted molar refractivity (Wildman–Crippen MR) is 234 cm³/mol. The van der Waals surface area contributed by atoms with Crippen molar-refractivity contribution in [3.63, 3.8) is 0 Å². The Morgan fingerprint density at radius 3 is 0.577 bits per heavy atom. The third kappa shape index (κ3) is 25.5. The van der Waals surface area contributed by atoms with Crippen molar-refractivity contribution in [2.45, 2.75) is 233 Å². The number of hydrogen-bond acceptors (Lipinski definition) is 4. The van der Waals surface area contributed by atoms with Crippen LogP contribution in [0.1, 0.15) is 233 Å². The Morgan fingerprint density at radius 2 is 0.404 bits per heavy atom. The molecule has 0 aliphatic carbocycles. The molecule has 0 unspecified atom stereocenters. The molecule has 0 saturated heterocycles. The van der Waals surface area contributed by atoms with Gasteiger partial charge in [0, 0.05) is 0 Å². The molecule has 1 rings (SSSR count). The molecule has 0 amide bonds. The fraction of sp³-hybridized carbons (Fsp3) is 0.870. The second kappa shape index (κ2) is 37.3. The lowest BCUT2D eigenvalue weighted by Crippen LogP contribution is -2.09. The number of hydrogen-bond donors (Lipinski definition) is 0. The maximum Gasteiger partial charge on any atom is 0.180 e. The van der Waals surface area contributed by atoms with Gasteiger partial charge < -0.3 is 18.9 Å². The highest BCUT2D eigenvalue weighted by Gasteiger charge is 2.27. The van der Waals surface area contributed by atoms with Gasteiger partial charge in [-0.05, 0) is 57.5 Å². The van der Waals surface area contributed by atoms with E-state index in [0.717, 1.165) is 57.6 Å². The van der Waals surface area contributed by atoms with Crippen molar-refractivity contribution >= 4 is 31.9 Å². The van der Waals surface area contributed by atoms with Crippen LogP contribution in [0.3, 0.4) is 0 Å². The zero-order chi connectivity index (χ0) is 37.7. The summed E-state index contributed by atoms with van der Waals surface area (Å²) in [6, 6.07) is 0. The lowest BCUT2D eigenvalue weighted by molar-refractivity contribution is 0.234. The van der Waals surface area contributed by atoms with Crippen LogP contribution in [0.25, 0.3) is 0 Å². The van der Waals surface area contributed by atoms with Crippen LogP contribution < -0.4 is 18.9 Å². The van der Waals surface area contributed by atoms with Gasteiger partial charge in [0.25, 0.3) is 0 Å². The first-order valence-electron chi connectivity index (χ1n) is 22.7. The molecule has 0 bridgehead atoms. The van der Waals surface area contributed by atoms with E-state index in [9.17, 15) is 0 Å². The van der Waals surface area contributed by atoms with E-state index in [1.807, 2.05) is 0 Å². The summed E-state index contributed by atoms with van der Waals surface area (Å²) < 4.78 is 27.9. The van der Waals surface area contributed by atoms with Crippen LogP contribution in [0.5, 0.6) is 23.0 Å². The Hall–Kier alpha value is -0.620. The molecule has 0 spiro atoms. The molecule has 6 heteroatoms.